The van der Waals surface area contributed by atoms with Gasteiger partial charge in [-0.1, -0.05) is 50.2 Å². The van der Waals surface area contributed by atoms with Gasteiger partial charge in [-0.15, -0.1) is 0 Å². The number of benzene rings is 3. The molecule has 0 saturated heterocycles. The molecule has 1 unspecified atom stereocenters. The Bertz CT molecular complexity index is 808. The lowest BCUT2D eigenvalue weighted by molar-refractivity contribution is 0.477. The van der Waals surface area contributed by atoms with E-state index in [-0.39, 0.29) is 0 Å². The second kappa shape index (κ2) is 6.04. The molecule has 0 fully saturated rings. The van der Waals surface area contributed by atoms with Crippen molar-refractivity contribution in [2.45, 2.75) is 26.2 Å². The lowest BCUT2D eigenvalue weighted by atomic mass is 9.98. The van der Waals surface area contributed by atoms with Crippen molar-refractivity contribution in [3.63, 3.8) is 0 Å². The quantitative estimate of drug-likeness (QED) is 0.413. The summed E-state index contributed by atoms with van der Waals surface area (Å²) in [7, 11) is 0. The topological polar surface area (TPSA) is 12.5 Å². The van der Waals surface area contributed by atoms with E-state index in [0.29, 0.717) is 5.92 Å². The van der Waals surface area contributed by atoms with Crippen molar-refractivity contribution in [3.05, 3.63) is 78.4 Å². The van der Waals surface area contributed by atoms with Gasteiger partial charge in [-0.3, -0.25) is 0 Å². The predicted molar refractivity (Wildman–Crippen MR) is 99.9 cm³/mol. The average Bonchev–Trinajstić information content (AvgIpc) is 2.65. The molecule has 2 heteroatoms. The van der Waals surface area contributed by atoms with Crippen LogP contribution in [0.5, 0.6) is 11.5 Å². The highest BCUT2D eigenvalue weighted by Crippen LogP contribution is 2.49. The lowest BCUT2D eigenvalue weighted by Gasteiger charge is -2.32. The van der Waals surface area contributed by atoms with Gasteiger partial charge in [0.15, 0.2) is 11.5 Å². The zero-order chi connectivity index (χ0) is 16.5. The zero-order valence-electron chi connectivity index (χ0n) is 14.1. The predicted octanol–water partition coefficient (Wildman–Crippen LogP) is 6.78. The molecule has 0 N–H and O–H groups in total. The fourth-order valence-electron chi connectivity index (χ4n) is 3.17. The molecule has 120 valence electrons. The first-order chi connectivity index (χ1) is 11.8. The molecule has 0 aromatic heterocycles. The Kier molecular flexibility index (Phi) is 3.73. The van der Waals surface area contributed by atoms with Crippen LogP contribution in [0.1, 0.15) is 31.7 Å². The van der Waals surface area contributed by atoms with E-state index < -0.39 is 0 Å². The smallest absolute Gasteiger partial charge is 0.151 e. The molecule has 1 heterocycles. The molecule has 0 saturated carbocycles. The van der Waals surface area contributed by atoms with Crippen molar-refractivity contribution >= 4 is 17.1 Å². The second-order valence-electron chi connectivity index (χ2n) is 6.27. The summed E-state index contributed by atoms with van der Waals surface area (Å²) in [5.74, 6) is 2.37. The summed E-state index contributed by atoms with van der Waals surface area (Å²) in [4.78, 5) is 2.27. The summed E-state index contributed by atoms with van der Waals surface area (Å²) in [6.45, 7) is 4.50. The molecule has 0 radical (unpaired) electrons. The molecular weight excluding hydrogens is 294 g/mol. The highest BCUT2D eigenvalue weighted by Gasteiger charge is 2.24. The first-order valence-corrected chi connectivity index (χ1v) is 8.54. The standard InChI is InChI=1S/C22H21NO/c1-3-16(2)17-12-14-18(15-13-17)23-19-8-4-6-10-21(19)24-22-11-7-5-9-20(22)23/h4-16H,3H2,1-2H3. The summed E-state index contributed by atoms with van der Waals surface area (Å²) < 4.78 is 6.07. The lowest BCUT2D eigenvalue weighted by Crippen LogP contribution is -2.15. The van der Waals surface area contributed by atoms with Gasteiger partial charge in [-0.25, -0.2) is 0 Å². The highest BCUT2D eigenvalue weighted by atomic mass is 16.5. The minimum Gasteiger partial charge on any atom is -0.453 e. The molecule has 4 rings (SSSR count). The number of ether oxygens (including phenoxy) is 1. The first-order valence-electron chi connectivity index (χ1n) is 8.54. The van der Waals surface area contributed by atoms with E-state index in [1.165, 1.54) is 5.56 Å². The van der Waals surface area contributed by atoms with Gasteiger partial charge in [0.05, 0.1) is 11.4 Å². The Balaban J connectivity index is 1.83. The Morgan fingerprint density at radius 2 is 1.33 bits per heavy atom. The van der Waals surface area contributed by atoms with Crippen LogP contribution in [0.25, 0.3) is 0 Å². The van der Waals surface area contributed by atoms with Crippen molar-refractivity contribution in [3.8, 4) is 11.5 Å². The number of hydrogen-bond donors (Lipinski definition) is 0. The van der Waals surface area contributed by atoms with Crippen LogP contribution in [-0.2, 0) is 0 Å². The minimum atomic E-state index is 0.586. The van der Waals surface area contributed by atoms with Crippen LogP contribution in [0.15, 0.2) is 72.8 Å². The maximum absolute atomic E-state index is 6.07. The fourth-order valence-corrected chi connectivity index (χ4v) is 3.17. The third kappa shape index (κ3) is 2.44. The molecule has 3 aromatic rings. The molecule has 24 heavy (non-hydrogen) atoms. The molecule has 1 aliphatic rings. The maximum atomic E-state index is 6.07. The van der Waals surface area contributed by atoms with Gasteiger partial charge in [0, 0.05) is 5.69 Å². The molecule has 0 aliphatic carbocycles. The van der Waals surface area contributed by atoms with E-state index in [9.17, 15) is 0 Å². The third-order valence-electron chi connectivity index (χ3n) is 4.76. The van der Waals surface area contributed by atoms with Gasteiger partial charge in [-0.05, 0) is 54.3 Å². The van der Waals surface area contributed by atoms with Gasteiger partial charge in [-0.2, -0.15) is 0 Å². The molecule has 1 atom stereocenters. The van der Waals surface area contributed by atoms with Gasteiger partial charge < -0.3 is 9.64 Å². The van der Waals surface area contributed by atoms with Gasteiger partial charge in [0.25, 0.3) is 0 Å². The van der Waals surface area contributed by atoms with Crippen LogP contribution in [0.4, 0.5) is 17.1 Å². The van der Waals surface area contributed by atoms with Crippen LogP contribution in [0.3, 0.4) is 0 Å². The first kappa shape index (κ1) is 14.8. The monoisotopic (exact) mass is 315 g/mol. The van der Waals surface area contributed by atoms with E-state index >= 15 is 0 Å². The molecular formula is C22H21NO. The van der Waals surface area contributed by atoms with Crippen LogP contribution in [0, 0.1) is 0 Å². The molecule has 3 aromatic carbocycles. The number of hydrogen-bond acceptors (Lipinski definition) is 2. The van der Waals surface area contributed by atoms with E-state index in [0.717, 1.165) is 35.0 Å². The molecule has 0 bridgehead atoms. The van der Waals surface area contributed by atoms with Crippen molar-refractivity contribution in [1.82, 2.24) is 0 Å². The summed E-state index contributed by atoms with van der Waals surface area (Å²) in [6, 6.07) is 25.3. The Hall–Kier alpha value is -2.74. The number of rotatable bonds is 3. The number of para-hydroxylation sites is 4. The van der Waals surface area contributed by atoms with Crippen LogP contribution < -0.4 is 9.64 Å². The van der Waals surface area contributed by atoms with Crippen LogP contribution >= 0.6 is 0 Å². The fraction of sp³-hybridized carbons (Fsp3) is 0.182. The minimum absolute atomic E-state index is 0.586. The molecule has 0 amide bonds. The Morgan fingerprint density at radius 1 is 0.792 bits per heavy atom. The van der Waals surface area contributed by atoms with Gasteiger partial charge in [0.2, 0.25) is 0 Å². The number of fused-ring (bicyclic) bond motifs is 2. The van der Waals surface area contributed by atoms with E-state index in [1.54, 1.807) is 0 Å². The number of nitrogens with zero attached hydrogens (tertiary/aromatic N) is 1. The van der Waals surface area contributed by atoms with E-state index in [2.05, 4.69) is 67.3 Å². The third-order valence-corrected chi connectivity index (χ3v) is 4.76. The van der Waals surface area contributed by atoms with E-state index in [1.807, 2.05) is 24.3 Å². The summed E-state index contributed by atoms with van der Waals surface area (Å²) >= 11 is 0. The summed E-state index contributed by atoms with van der Waals surface area (Å²) in [5.41, 5.74) is 4.70. The summed E-state index contributed by atoms with van der Waals surface area (Å²) in [5, 5.41) is 0. The molecule has 0 spiro atoms. The van der Waals surface area contributed by atoms with Crippen molar-refractivity contribution in [1.29, 1.82) is 0 Å². The zero-order valence-corrected chi connectivity index (χ0v) is 14.1. The Morgan fingerprint density at radius 3 is 1.88 bits per heavy atom. The van der Waals surface area contributed by atoms with Crippen molar-refractivity contribution in [2.75, 3.05) is 4.90 Å². The van der Waals surface area contributed by atoms with E-state index in [4.69, 9.17) is 4.74 Å². The van der Waals surface area contributed by atoms with Crippen molar-refractivity contribution < 1.29 is 4.74 Å². The molecule has 2 nitrogen and oxygen atoms in total. The highest BCUT2D eigenvalue weighted by molar-refractivity contribution is 5.86. The van der Waals surface area contributed by atoms with Gasteiger partial charge >= 0.3 is 0 Å². The second-order valence-corrected chi connectivity index (χ2v) is 6.27. The SMILES string of the molecule is CCC(C)c1ccc(N2c3ccccc3Oc3ccccc32)cc1. The summed E-state index contributed by atoms with van der Waals surface area (Å²) in [6.07, 6.45) is 1.16. The number of anilines is 3. The Labute approximate surface area is 143 Å². The maximum Gasteiger partial charge on any atom is 0.151 e. The van der Waals surface area contributed by atoms with Gasteiger partial charge in [0.1, 0.15) is 0 Å². The average molecular weight is 315 g/mol. The van der Waals surface area contributed by atoms with Crippen LogP contribution in [-0.4, -0.2) is 0 Å². The van der Waals surface area contributed by atoms with Crippen molar-refractivity contribution in [2.24, 2.45) is 0 Å². The van der Waals surface area contributed by atoms with Crippen LogP contribution in [0.2, 0.25) is 0 Å². The largest absolute Gasteiger partial charge is 0.453 e. The molecule has 1 aliphatic heterocycles. The normalized spacial score (nSPS) is 13.7.